The highest BCUT2D eigenvalue weighted by molar-refractivity contribution is 5.00. The molecule has 0 spiro atoms. The molecule has 0 aromatic carbocycles. The van der Waals surface area contributed by atoms with Crippen molar-refractivity contribution < 1.29 is 0 Å². The number of hydrogen-bond donors (Lipinski definition) is 0. The Labute approximate surface area is 125 Å². The third-order valence-electron chi connectivity index (χ3n) is 5.69. The summed E-state index contributed by atoms with van der Waals surface area (Å²) < 4.78 is 0. The summed E-state index contributed by atoms with van der Waals surface area (Å²) in [4.78, 5) is 2.66. The van der Waals surface area contributed by atoms with Crippen LogP contribution in [0.15, 0.2) is 0 Å². The maximum absolute atomic E-state index is 9.50. The topological polar surface area (TPSA) is 27.0 Å². The van der Waals surface area contributed by atoms with Crippen molar-refractivity contribution in [2.45, 2.75) is 72.3 Å². The van der Waals surface area contributed by atoms with Crippen LogP contribution in [0.3, 0.4) is 0 Å². The molecule has 4 atom stereocenters. The zero-order chi connectivity index (χ0) is 14.8. The molecule has 1 saturated carbocycles. The van der Waals surface area contributed by atoms with E-state index in [2.05, 4.69) is 38.7 Å². The SMILES string of the molecule is CCCC1CCN(C2CC(C(C)(C)C)CCC2C#N)C1. The Hall–Kier alpha value is -0.550. The van der Waals surface area contributed by atoms with Crippen LogP contribution >= 0.6 is 0 Å². The predicted octanol–water partition coefficient (Wildman–Crippen LogP) is 4.46. The molecule has 1 aliphatic heterocycles. The summed E-state index contributed by atoms with van der Waals surface area (Å²) in [5.74, 6) is 1.94. The van der Waals surface area contributed by atoms with Gasteiger partial charge in [-0.3, -0.25) is 4.90 Å². The molecule has 2 heteroatoms. The van der Waals surface area contributed by atoms with Gasteiger partial charge in [-0.15, -0.1) is 0 Å². The molecule has 114 valence electrons. The van der Waals surface area contributed by atoms with E-state index in [9.17, 15) is 5.26 Å². The van der Waals surface area contributed by atoms with Crippen LogP contribution in [0.25, 0.3) is 0 Å². The molecule has 0 radical (unpaired) electrons. The van der Waals surface area contributed by atoms with Gasteiger partial charge in [-0.05, 0) is 55.9 Å². The second kappa shape index (κ2) is 6.48. The molecule has 2 fully saturated rings. The molecule has 2 rings (SSSR count). The Kier molecular flexibility index (Phi) is 5.13. The first-order chi connectivity index (χ1) is 9.45. The fourth-order valence-electron chi connectivity index (χ4n) is 4.30. The third kappa shape index (κ3) is 3.55. The molecule has 0 N–H and O–H groups in total. The first-order valence-corrected chi connectivity index (χ1v) is 8.59. The minimum atomic E-state index is 0.272. The summed E-state index contributed by atoms with van der Waals surface area (Å²) >= 11 is 0. The zero-order valence-corrected chi connectivity index (χ0v) is 13.9. The van der Waals surface area contributed by atoms with Crippen LogP contribution in [0.1, 0.15) is 66.2 Å². The molecule has 2 aliphatic rings. The smallest absolute Gasteiger partial charge is 0.0672 e. The van der Waals surface area contributed by atoms with E-state index < -0.39 is 0 Å². The normalized spacial score (nSPS) is 36.0. The molecule has 4 unspecified atom stereocenters. The van der Waals surface area contributed by atoms with E-state index in [1.165, 1.54) is 45.2 Å². The minimum Gasteiger partial charge on any atom is -0.299 e. The maximum atomic E-state index is 9.50. The summed E-state index contributed by atoms with van der Waals surface area (Å²) in [5.41, 5.74) is 0.390. The van der Waals surface area contributed by atoms with E-state index in [0.717, 1.165) is 18.3 Å². The van der Waals surface area contributed by atoms with Crippen molar-refractivity contribution in [3.05, 3.63) is 0 Å². The lowest BCUT2D eigenvalue weighted by Crippen LogP contribution is -2.45. The molecular formula is C18H32N2. The van der Waals surface area contributed by atoms with Gasteiger partial charge < -0.3 is 0 Å². The van der Waals surface area contributed by atoms with Crippen LogP contribution in [0, 0.1) is 34.5 Å². The van der Waals surface area contributed by atoms with E-state index in [1.807, 2.05) is 0 Å². The van der Waals surface area contributed by atoms with Crippen molar-refractivity contribution in [3.8, 4) is 6.07 Å². The maximum Gasteiger partial charge on any atom is 0.0672 e. The quantitative estimate of drug-likeness (QED) is 0.761. The van der Waals surface area contributed by atoms with Crippen molar-refractivity contribution >= 4 is 0 Å². The van der Waals surface area contributed by atoms with Crippen molar-refractivity contribution in [2.75, 3.05) is 13.1 Å². The largest absolute Gasteiger partial charge is 0.299 e. The average Bonchev–Trinajstić information content (AvgIpc) is 2.86. The van der Waals surface area contributed by atoms with Gasteiger partial charge in [-0.25, -0.2) is 0 Å². The molecule has 0 amide bonds. The van der Waals surface area contributed by atoms with Gasteiger partial charge in [0, 0.05) is 12.6 Å². The second-order valence-electron chi connectivity index (χ2n) is 8.12. The second-order valence-corrected chi connectivity index (χ2v) is 8.12. The number of rotatable bonds is 3. The molecule has 1 saturated heterocycles. The number of nitrogens with zero attached hydrogens (tertiary/aromatic N) is 2. The number of likely N-dealkylation sites (tertiary alicyclic amines) is 1. The Bertz CT molecular complexity index is 349. The predicted molar refractivity (Wildman–Crippen MR) is 84.3 cm³/mol. The first kappa shape index (κ1) is 15.8. The summed E-state index contributed by atoms with van der Waals surface area (Å²) in [7, 11) is 0. The molecule has 2 nitrogen and oxygen atoms in total. The van der Waals surface area contributed by atoms with Crippen LogP contribution < -0.4 is 0 Å². The molecule has 0 aromatic heterocycles. The molecular weight excluding hydrogens is 244 g/mol. The van der Waals surface area contributed by atoms with Gasteiger partial charge in [-0.1, -0.05) is 34.1 Å². The van der Waals surface area contributed by atoms with E-state index in [1.54, 1.807) is 0 Å². The van der Waals surface area contributed by atoms with E-state index >= 15 is 0 Å². The number of nitriles is 1. The highest BCUT2D eigenvalue weighted by atomic mass is 15.2. The highest BCUT2D eigenvalue weighted by Gasteiger charge is 2.40. The van der Waals surface area contributed by atoms with Gasteiger partial charge in [-0.2, -0.15) is 5.26 Å². The minimum absolute atomic E-state index is 0.272. The van der Waals surface area contributed by atoms with Gasteiger partial charge in [0.05, 0.1) is 12.0 Å². The molecule has 0 bridgehead atoms. The van der Waals surface area contributed by atoms with Crippen LogP contribution in [0.4, 0.5) is 0 Å². The summed E-state index contributed by atoms with van der Waals surface area (Å²) in [6, 6.07) is 3.14. The molecule has 20 heavy (non-hydrogen) atoms. The summed E-state index contributed by atoms with van der Waals surface area (Å²) in [6.45, 7) is 11.9. The summed E-state index contributed by atoms with van der Waals surface area (Å²) in [5, 5.41) is 9.50. The lowest BCUT2D eigenvalue weighted by molar-refractivity contribution is 0.0717. The summed E-state index contributed by atoms with van der Waals surface area (Å²) in [6.07, 6.45) is 7.60. The van der Waals surface area contributed by atoms with E-state index in [0.29, 0.717) is 11.5 Å². The lowest BCUT2D eigenvalue weighted by Gasteiger charge is -2.43. The van der Waals surface area contributed by atoms with Crippen molar-refractivity contribution in [1.29, 1.82) is 5.26 Å². The molecule has 1 heterocycles. The average molecular weight is 276 g/mol. The van der Waals surface area contributed by atoms with Crippen LogP contribution in [0.5, 0.6) is 0 Å². The van der Waals surface area contributed by atoms with Crippen molar-refractivity contribution in [3.63, 3.8) is 0 Å². The fourth-order valence-corrected chi connectivity index (χ4v) is 4.30. The lowest BCUT2D eigenvalue weighted by atomic mass is 9.68. The van der Waals surface area contributed by atoms with Gasteiger partial charge in [0.2, 0.25) is 0 Å². The Morgan fingerprint density at radius 2 is 1.95 bits per heavy atom. The van der Waals surface area contributed by atoms with Gasteiger partial charge in [0.1, 0.15) is 0 Å². The fraction of sp³-hybridized carbons (Fsp3) is 0.944. The molecule has 1 aliphatic carbocycles. The monoisotopic (exact) mass is 276 g/mol. The highest BCUT2D eigenvalue weighted by Crippen LogP contribution is 2.42. The standard InChI is InChI=1S/C18H32N2/c1-5-6-14-9-10-20(13-14)17-11-16(18(2,3)4)8-7-15(17)12-19/h14-17H,5-11,13H2,1-4H3. The zero-order valence-electron chi connectivity index (χ0n) is 13.9. The van der Waals surface area contributed by atoms with Gasteiger partial charge in [0.25, 0.3) is 0 Å². The third-order valence-corrected chi connectivity index (χ3v) is 5.69. The van der Waals surface area contributed by atoms with E-state index in [-0.39, 0.29) is 5.92 Å². The van der Waals surface area contributed by atoms with Crippen LogP contribution in [0.2, 0.25) is 0 Å². The number of hydrogen-bond acceptors (Lipinski definition) is 2. The van der Waals surface area contributed by atoms with Crippen LogP contribution in [-0.2, 0) is 0 Å². The Morgan fingerprint density at radius 1 is 1.20 bits per heavy atom. The van der Waals surface area contributed by atoms with Gasteiger partial charge >= 0.3 is 0 Å². The van der Waals surface area contributed by atoms with Crippen molar-refractivity contribution in [2.24, 2.45) is 23.2 Å². The first-order valence-electron chi connectivity index (χ1n) is 8.59. The van der Waals surface area contributed by atoms with Crippen molar-refractivity contribution in [1.82, 2.24) is 4.90 Å². The van der Waals surface area contributed by atoms with Gasteiger partial charge in [0.15, 0.2) is 0 Å². The molecule has 0 aromatic rings. The Balaban J connectivity index is 2.01. The Morgan fingerprint density at radius 3 is 2.55 bits per heavy atom. The van der Waals surface area contributed by atoms with Crippen LogP contribution in [-0.4, -0.2) is 24.0 Å². The van der Waals surface area contributed by atoms with E-state index in [4.69, 9.17) is 0 Å².